The fraction of sp³-hybridized carbons (Fsp3) is 0.304. The minimum atomic E-state index is -0.670. The van der Waals surface area contributed by atoms with E-state index < -0.39 is 6.10 Å². The molecular weight excluding hydrogens is 385 g/mol. The highest BCUT2D eigenvalue weighted by atomic mass is 19.1. The number of aliphatic hydroxyl groups is 1. The zero-order chi connectivity index (χ0) is 20.9. The number of morpholine rings is 1. The zero-order valence-electron chi connectivity index (χ0n) is 16.6. The predicted octanol–water partition coefficient (Wildman–Crippen LogP) is 2.46. The summed E-state index contributed by atoms with van der Waals surface area (Å²) in [6.07, 6.45) is -0.670. The molecule has 30 heavy (non-hydrogen) atoms. The molecule has 1 aliphatic rings. The van der Waals surface area contributed by atoms with Crippen molar-refractivity contribution >= 4 is 16.8 Å². The summed E-state index contributed by atoms with van der Waals surface area (Å²) in [5.74, 6) is -0.607. The van der Waals surface area contributed by atoms with Gasteiger partial charge in [-0.15, -0.1) is 0 Å². The number of nitrogens with zero attached hydrogens (tertiary/aromatic N) is 2. The molecule has 1 amide bonds. The van der Waals surface area contributed by atoms with Crippen molar-refractivity contribution in [2.75, 3.05) is 39.4 Å². The van der Waals surface area contributed by atoms with Crippen molar-refractivity contribution in [1.82, 2.24) is 15.2 Å². The molecule has 0 radical (unpaired) electrons. The van der Waals surface area contributed by atoms with Crippen LogP contribution >= 0.6 is 0 Å². The lowest BCUT2D eigenvalue weighted by Gasteiger charge is -2.28. The molecule has 2 aromatic carbocycles. The zero-order valence-corrected chi connectivity index (χ0v) is 16.6. The number of fused-ring (bicyclic) bond motifs is 1. The average molecular weight is 409 g/mol. The molecule has 4 rings (SSSR count). The van der Waals surface area contributed by atoms with Crippen molar-refractivity contribution in [1.29, 1.82) is 0 Å². The van der Waals surface area contributed by atoms with Gasteiger partial charge in [0.2, 0.25) is 0 Å². The van der Waals surface area contributed by atoms with E-state index in [2.05, 4.69) is 15.2 Å². The van der Waals surface area contributed by atoms with Crippen LogP contribution in [0.25, 0.3) is 22.2 Å². The first-order chi connectivity index (χ1) is 14.6. The van der Waals surface area contributed by atoms with Gasteiger partial charge in [0.1, 0.15) is 5.82 Å². The first-order valence-electron chi connectivity index (χ1n) is 10.0. The molecule has 0 bridgehead atoms. The van der Waals surface area contributed by atoms with E-state index in [9.17, 15) is 14.3 Å². The predicted molar refractivity (Wildman–Crippen MR) is 113 cm³/mol. The quantitative estimate of drug-likeness (QED) is 0.654. The van der Waals surface area contributed by atoms with E-state index in [1.807, 2.05) is 24.3 Å². The minimum Gasteiger partial charge on any atom is -0.390 e. The first-order valence-corrected chi connectivity index (χ1v) is 10.0. The van der Waals surface area contributed by atoms with Crippen LogP contribution in [0.4, 0.5) is 4.39 Å². The molecule has 1 saturated heterocycles. The van der Waals surface area contributed by atoms with E-state index in [4.69, 9.17) is 4.74 Å². The molecule has 0 aliphatic carbocycles. The summed E-state index contributed by atoms with van der Waals surface area (Å²) < 4.78 is 18.6. The van der Waals surface area contributed by atoms with Gasteiger partial charge in [-0.3, -0.25) is 9.69 Å². The van der Waals surface area contributed by atoms with E-state index in [1.165, 1.54) is 12.1 Å². The first kappa shape index (κ1) is 20.4. The van der Waals surface area contributed by atoms with E-state index >= 15 is 0 Å². The number of carbonyl (C=O) groups is 1. The summed E-state index contributed by atoms with van der Waals surface area (Å²) in [6.45, 7) is 3.52. The number of carbonyl (C=O) groups excluding carboxylic acids is 1. The van der Waals surface area contributed by atoms with E-state index in [0.717, 1.165) is 24.0 Å². The lowest BCUT2D eigenvalue weighted by atomic mass is 10.0. The Bertz CT molecular complexity index is 1020. The number of amides is 1. The van der Waals surface area contributed by atoms with Gasteiger partial charge in [-0.2, -0.15) is 0 Å². The monoisotopic (exact) mass is 409 g/mol. The number of pyridine rings is 1. The molecular formula is C23H24FN3O3. The van der Waals surface area contributed by atoms with E-state index in [0.29, 0.717) is 36.5 Å². The van der Waals surface area contributed by atoms with Gasteiger partial charge in [0, 0.05) is 37.1 Å². The van der Waals surface area contributed by atoms with Crippen molar-refractivity contribution in [2.45, 2.75) is 6.10 Å². The Labute approximate surface area is 174 Å². The van der Waals surface area contributed by atoms with E-state index in [1.54, 1.807) is 18.2 Å². The number of rotatable bonds is 6. The number of hydrogen-bond donors (Lipinski definition) is 2. The van der Waals surface area contributed by atoms with Gasteiger partial charge < -0.3 is 15.2 Å². The van der Waals surface area contributed by atoms with Crippen LogP contribution in [0.1, 0.15) is 10.4 Å². The molecule has 0 spiro atoms. The summed E-state index contributed by atoms with van der Waals surface area (Å²) in [5, 5.41) is 13.9. The highest BCUT2D eigenvalue weighted by Gasteiger charge is 2.18. The molecule has 156 valence electrons. The maximum atomic E-state index is 13.3. The molecule has 1 atom stereocenters. The Morgan fingerprint density at radius 2 is 1.90 bits per heavy atom. The Hall–Kier alpha value is -2.87. The lowest BCUT2D eigenvalue weighted by Crippen LogP contribution is -2.44. The van der Waals surface area contributed by atoms with Crippen LogP contribution in [0.2, 0.25) is 0 Å². The van der Waals surface area contributed by atoms with Crippen molar-refractivity contribution in [3.8, 4) is 11.3 Å². The largest absolute Gasteiger partial charge is 0.390 e. The van der Waals surface area contributed by atoms with Crippen LogP contribution in [-0.2, 0) is 4.74 Å². The summed E-state index contributed by atoms with van der Waals surface area (Å²) in [5.41, 5.74) is 2.47. The molecule has 1 fully saturated rings. The van der Waals surface area contributed by atoms with Crippen LogP contribution in [-0.4, -0.2) is 66.4 Å². The van der Waals surface area contributed by atoms with Crippen LogP contribution in [0, 0.1) is 5.82 Å². The molecule has 6 nitrogen and oxygen atoms in total. The van der Waals surface area contributed by atoms with E-state index in [-0.39, 0.29) is 18.3 Å². The van der Waals surface area contributed by atoms with Crippen LogP contribution in [0.5, 0.6) is 0 Å². The van der Waals surface area contributed by atoms with Crippen LogP contribution in [0.3, 0.4) is 0 Å². The Balaban J connectivity index is 1.53. The van der Waals surface area contributed by atoms with Gasteiger partial charge in [-0.25, -0.2) is 9.37 Å². The fourth-order valence-electron chi connectivity index (χ4n) is 3.58. The number of halogens is 1. The lowest BCUT2D eigenvalue weighted by molar-refractivity contribution is 0.0149. The van der Waals surface area contributed by atoms with Gasteiger partial charge >= 0.3 is 0 Å². The SMILES string of the molecule is O=C(NCC(O)CN1CCOCC1)c1cc(-c2ccc(F)cc2)nc2ccccc12. The van der Waals surface area contributed by atoms with Gasteiger partial charge in [0.25, 0.3) is 5.91 Å². The third-order valence-electron chi connectivity index (χ3n) is 5.17. The average Bonchev–Trinajstić information content (AvgIpc) is 2.78. The maximum Gasteiger partial charge on any atom is 0.252 e. The molecule has 1 aromatic heterocycles. The number of nitrogens with one attached hydrogen (secondary N) is 1. The second kappa shape index (κ2) is 9.30. The summed E-state index contributed by atoms with van der Waals surface area (Å²) in [6, 6.07) is 15.1. The number of aromatic nitrogens is 1. The number of aliphatic hydroxyl groups excluding tert-OH is 1. The van der Waals surface area contributed by atoms with Gasteiger partial charge in [-0.05, 0) is 36.4 Å². The Morgan fingerprint density at radius 1 is 1.17 bits per heavy atom. The summed E-state index contributed by atoms with van der Waals surface area (Å²) in [7, 11) is 0. The van der Waals surface area contributed by atoms with Crippen LogP contribution in [0.15, 0.2) is 54.6 Å². The third-order valence-corrected chi connectivity index (χ3v) is 5.17. The van der Waals surface area contributed by atoms with Gasteiger partial charge in [0.15, 0.2) is 0 Å². The molecule has 1 aliphatic heterocycles. The molecule has 3 aromatic rings. The van der Waals surface area contributed by atoms with Crippen molar-refractivity contribution < 1.29 is 19.0 Å². The number of ether oxygens (including phenoxy) is 1. The number of β-amino-alcohol motifs (C(OH)–C–C–N with tert-alkyl or cyclic N) is 1. The smallest absolute Gasteiger partial charge is 0.252 e. The Morgan fingerprint density at radius 3 is 2.67 bits per heavy atom. The molecule has 2 heterocycles. The van der Waals surface area contributed by atoms with Gasteiger partial charge in [-0.1, -0.05) is 18.2 Å². The second-order valence-corrected chi connectivity index (χ2v) is 7.36. The highest BCUT2D eigenvalue weighted by molar-refractivity contribution is 6.07. The number of hydrogen-bond acceptors (Lipinski definition) is 5. The molecule has 7 heteroatoms. The summed E-state index contributed by atoms with van der Waals surface area (Å²) >= 11 is 0. The Kier molecular flexibility index (Phi) is 6.32. The van der Waals surface area contributed by atoms with Crippen LogP contribution < -0.4 is 5.32 Å². The maximum absolute atomic E-state index is 13.3. The van der Waals surface area contributed by atoms with Gasteiger partial charge in [0.05, 0.1) is 36.1 Å². The minimum absolute atomic E-state index is 0.152. The third kappa shape index (κ3) is 4.81. The van der Waals surface area contributed by atoms with Crippen molar-refractivity contribution in [2.24, 2.45) is 0 Å². The molecule has 0 saturated carbocycles. The normalized spacial score (nSPS) is 15.8. The molecule has 2 N–H and O–H groups in total. The number of benzene rings is 2. The topological polar surface area (TPSA) is 74.7 Å². The van der Waals surface area contributed by atoms with Crippen molar-refractivity contribution in [3.63, 3.8) is 0 Å². The summed E-state index contributed by atoms with van der Waals surface area (Å²) in [4.78, 5) is 19.7. The number of para-hydroxylation sites is 1. The second-order valence-electron chi connectivity index (χ2n) is 7.36. The standard InChI is InChI=1S/C23H24FN3O3/c24-17-7-5-16(6-8-17)22-13-20(19-3-1-2-4-21(19)26-22)23(29)25-14-18(28)15-27-9-11-30-12-10-27/h1-8,13,18,28H,9-12,14-15H2,(H,25,29). The van der Waals surface area contributed by atoms with Crippen molar-refractivity contribution in [3.05, 3.63) is 66.0 Å². The fourth-order valence-corrected chi connectivity index (χ4v) is 3.58. The molecule has 1 unspecified atom stereocenters. The highest BCUT2D eigenvalue weighted by Crippen LogP contribution is 2.25.